The maximum absolute atomic E-state index is 6.13. The third-order valence-electron chi connectivity index (χ3n) is 4.24. The molecule has 2 aromatic carbocycles. The van der Waals surface area contributed by atoms with Crippen LogP contribution in [0.5, 0.6) is 0 Å². The number of benzene rings is 2. The lowest BCUT2D eigenvalue weighted by molar-refractivity contribution is 0.485. The summed E-state index contributed by atoms with van der Waals surface area (Å²) in [4.78, 5) is 0. The molecule has 0 atom stereocenters. The number of halogens is 2. The van der Waals surface area contributed by atoms with Crippen LogP contribution in [0, 0.1) is 6.92 Å². The van der Waals surface area contributed by atoms with Gasteiger partial charge >= 0.3 is 0 Å². The van der Waals surface area contributed by atoms with E-state index in [2.05, 4.69) is 33.8 Å². The molecular formula is C21H17Cl2N3OS. The van der Waals surface area contributed by atoms with Crippen molar-refractivity contribution in [1.29, 1.82) is 0 Å². The first-order chi connectivity index (χ1) is 13.6. The van der Waals surface area contributed by atoms with E-state index < -0.39 is 0 Å². The highest BCUT2D eigenvalue weighted by atomic mass is 35.5. The second kappa shape index (κ2) is 8.43. The highest BCUT2D eigenvalue weighted by Gasteiger charge is 2.16. The molecule has 0 N–H and O–H groups in total. The highest BCUT2D eigenvalue weighted by Crippen LogP contribution is 2.30. The summed E-state index contributed by atoms with van der Waals surface area (Å²) in [6, 6.07) is 17.7. The average Bonchev–Trinajstić information content (AvgIpc) is 3.33. The van der Waals surface area contributed by atoms with E-state index >= 15 is 0 Å². The quantitative estimate of drug-likeness (QED) is 0.328. The maximum atomic E-state index is 6.13. The molecule has 4 rings (SSSR count). The van der Waals surface area contributed by atoms with Gasteiger partial charge in [0.05, 0.1) is 22.9 Å². The molecule has 0 unspecified atom stereocenters. The van der Waals surface area contributed by atoms with Crippen LogP contribution in [-0.4, -0.2) is 14.8 Å². The summed E-state index contributed by atoms with van der Waals surface area (Å²) < 4.78 is 7.63. The van der Waals surface area contributed by atoms with E-state index in [0.717, 1.165) is 27.9 Å². The van der Waals surface area contributed by atoms with Crippen LogP contribution in [0.25, 0.3) is 11.4 Å². The maximum Gasteiger partial charge on any atom is 0.192 e. The molecule has 2 aromatic heterocycles. The third kappa shape index (κ3) is 4.27. The van der Waals surface area contributed by atoms with E-state index in [-0.39, 0.29) is 0 Å². The fourth-order valence-electron chi connectivity index (χ4n) is 2.87. The molecule has 0 saturated carbocycles. The van der Waals surface area contributed by atoms with Gasteiger partial charge in [0.15, 0.2) is 11.0 Å². The number of furan rings is 1. The van der Waals surface area contributed by atoms with E-state index in [1.54, 1.807) is 18.0 Å². The molecule has 0 spiro atoms. The summed E-state index contributed by atoms with van der Waals surface area (Å²) >= 11 is 13.7. The number of hydrogen-bond acceptors (Lipinski definition) is 4. The lowest BCUT2D eigenvalue weighted by atomic mass is 10.1. The van der Waals surface area contributed by atoms with Gasteiger partial charge < -0.3 is 4.42 Å². The second-order valence-electron chi connectivity index (χ2n) is 6.38. The van der Waals surface area contributed by atoms with Gasteiger partial charge in [-0.25, -0.2) is 0 Å². The first kappa shape index (κ1) is 19.1. The second-order valence-corrected chi connectivity index (χ2v) is 8.14. The summed E-state index contributed by atoms with van der Waals surface area (Å²) in [7, 11) is 0. The Balaban J connectivity index is 1.65. The summed E-state index contributed by atoms with van der Waals surface area (Å²) in [5.74, 6) is 2.38. The molecule has 4 nitrogen and oxygen atoms in total. The molecule has 0 aliphatic rings. The Labute approximate surface area is 177 Å². The number of aromatic nitrogens is 3. The molecule has 0 amide bonds. The molecule has 0 aliphatic carbocycles. The first-order valence-electron chi connectivity index (χ1n) is 8.69. The van der Waals surface area contributed by atoms with Crippen molar-refractivity contribution in [3.05, 3.63) is 87.8 Å². The lowest BCUT2D eigenvalue weighted by Crippen LogP contribution is -2.03. The third-order valence-corrected chi connectivity index (χ3v) is 6.02. The Bertz CT molecular complexity index is 1090. The van der Waals surface area contributed by atoms with Crippen molar-refractivity contribution in [2.45, 2.75) is 24.4 Å². The summed E-state index contributed by atoms with van der Waals surface area (Å²) in [6.45, 7) is 2.63. The molecule has 2 heterocycles. The van der Waals surface area contributed by atoms with Crippen molar-refractivity contribution >= 4 is 35.0 Å². The first-order valence-corrected chi connectivity index (χ1v) is 10.4. The predicted molar refractivity (Wildman–Crippen MR) is 114 cm³/mol. The Kier molecular flexibility index (Phi) is 5.76. The number of hydrogen-bond donors (Lipinski definition) is 0. The van der Waals surface area contributed by atoms with Gasteiger partial charge in [0, 0.05) is 11.3 Å². The Morgan fingerprint density at radius 1 is 1.00 bits per heavy atom. The molecule has 0 radical (unpaired) electrons. The van der Waals surface area contributed by atoms with Gasteiger partial charge in [0.1, 0.15) is 5.76 Å². The Morgan fingerprint density at radius 2 is 1.89 bits per heavy atom. The minimum atomic E-state index is 0.553. The molecule has 142 valence electrons. The van der Waals surface area contributed by atoms with E-state index in [4.69, 9.17) is 27.6 Å². The minimum Gasteiger partial charge on any atom is -0.467 e. The van der Waals surface area contributed by atoms with Crippen molar-refractivity contribution in [3.63, 3.8) is 0 Å². The van der Waals surface area contributed by atoms with E-state index in [9.17, 15) is 0 Å². The van der Waals surface area contributed by atoms with Gasteiger partial charge in [0.2, 0.25) is 0 Å². The molecular weight excluding hydrogens is 413 g/mol. The molecule has 7 heteroatoms. The normalized spacial score (nSPS) is 11.1. The van der Waals surface area contributed by atoms with Crippen LogP contribution in [0.3, 0.4) is 0 Å². The van der Waals surface area contributed by atoms with Crippen LogP contribution in [0.1, 0.15) is 16.9 Å². The molecule has 0 saturated heterocycles. The van der Waals surface area contributed by atoms with E-state index in [1.165, 1.54) is 5.56 Å². The molecule has 28 heavy (non-hydrogen) atoms. The van der Waals surface area contributed by atoms with Crippen LogP contribution in [0.4, 0.5) is 0 Å². The SMILES string of the molecule is Cc1cccc(-c2nnc(SCc3ccc(Cl)c(Cl)c3)n2Cc2ccco2)c1. The number of rotatable bonds is 6. The van der Waals surface area contributed by atoms with Crippen molar-refractivity contribution in [2.24, 2.45) is 0 Å². The summed E-state index contributed by atoms with van der Waals surface area (Å²) in [5.41, 5.74) is 3.28. The molecule has 0 bridgehead atoms. The number of nitrogens with zero attached hydrogens (tertiary/aromatic N) is 3. The van der Waals surface area contributed by atoms with Gasteiger partial charge in [0.25, 0.3) is 0 Å². The largest absolute Gasteiger partial charge is 0.467 e. The van der Waals surface area contributed by atoms with Gasteiger partial charge in [-0.15, -0.1) is 10.2 Å². The van der Waals surface area contributed by atoms with Gasteiger partial charge in [-0.1, -0.05) is 64.8 Å². The summed E-state index contributed by atoms with van der Waals surface area (Å²) in [6.07, 6.45) is 1.68. The van der Waals surface area contributed by atoms with Crippen LogP contribution in [0.15, 0.2) is 70.4 Å². The number of aryl methyl sites for hydroxylation is 1. The highest BCUT2D eigenvalue weighted by molar-refractivity contribution is 7.98. The standard InChI is InChI=1S/C21H17Cl2N3OS/c1-14-4-2-5-16(10-14)20-24-25-21(26(20)12-17-6-3-9-27-17)28-13-15-7-8-18(22)19(23)11-15/h2-11H,12-13H2,1H3. The zero-order chi connectivity index (χ0) is 19.5. The Hall–Kier alpha value is -2.21. The lowest BCUT2D eigenvalue weighted by Gasteiger charge is -2.09. The zero-order valence-corrected chi connectivity index (χ0v) is 17.4. The molecule has 0 aliphatic heterocycles. The van der Waals surface area contributed by atoms with Crippen molar-refractivity contribution < 1.29 is 4.42 Å². The minimum absolute atomic E-state index is 0.553. The smallest absolute Gasteiger partial charge is 0.192 e. The Morgan fingerprint density at radius 3 is 2.64 bits per heavy atom. The summed E-state index contributed by atoms with van der Waals surface area (Å²) in [5, 5.41) is 10.8. The fraction of sp³-hybridized carbons (Fsp3) is 0.143. The average molecular weight is 430 g/mol. The van der Waals surface area contributed by atoms with Crippen LogP contribution in [-0.2, 0) is 12.3 Å². The van der Waals surface area contributed by atoms with Crippen molar-refractivity contribution in [2.75, 3.05) is 0 Å². The monoisotopic (exact) mass is 429 g/mol. The van der Waals surface area contributed by atoms with E-state index in [0.29, 0.717) is 22.3 Å². The van der Waals surface area contributed by atoms with Crippen molar-refractivity contribution in [1.82, 2.24) is 14.8 Å². The van der Waals surface area contributed by atoms with Crippen LogP contribution < -0.4 is 0 Å². The molecule has 4 aromatic rings. The zero-order valence-electron chi connectivity index (χ0n) is 15.1. The van der Waals surface area contributed by atoms with E-state index in [1.807, 2.05) is 42.5 Å². The van der Waals surface area contributed by atoms with Crippen LogP contribution >= 0.6 is 35.0 Å². The topological polar surface area (TPSA) is 43.9 Å². The predicted octanol–water partition coefficient (Wildman–Crippen LogP) is 6.49. The van der Waals surface area contributed by atoms with Gasteiger partial charge in [-0.2, -0.15) is 0 Å². The number of thioether (sulfide) groups is 1. The van der Waals surface area contributed by atoms with Gasteiger partial charge in [-0.3, -0.25) is 4.57 Å². The molecule has 0 fully saturated rings. The van der Waals surface area contributed by atoms with Crippen molar-refractivity contribution in [3.8, 4) is 11.4 Å². The van der Waals surface area contributed by atoms with Crippen LogP contribution in [0.2, 0.25) is 10.0 Å². The fourth-order valence-corrected chi connectivity index (χ4v) is 4.07. The van der Waals surface area contributed by atoms with Gasteiger partial charge in [-0.05, 0) is 42.8 Å².